The molecule has 1 aliphatic heterocycles. The number of hydrogen-bond acceptors (Lipinski definition) is 2. The highest BCUT2D eigenvalue weighted by Gasteiger charge is 2.24. The number of carboxylic acids is 1. The molecule has 0 bridgehead atoms. The first-order chi connectivity index (χ1) is 6.68. The van der Waals surface area contributed by atoms with Gasteiger partial charge in [0.05, 0.1) is 5.56 Å². The minimum absolute atomic E-state index is 0.0801. The zero-order valence-corrected chi connectivity index (χ0v) is 7.46. The Balaban J connectivity index is 2.41. The minimum Gasteiger partial charge on any atom is -0.478 e. The first-order valence-corrected chi connectivity index (χ1v) is 4.42. The van der Waals surface area contributed by atoms with E-state index in [1.54, 1.807) is 6.07 Å². The summed E-state index contributed by atoms with van der Waals surface area (Å²) in [6.07, 6.45) is 0. The molecule has 2 rings (SSSR count). The van der Waals surface area contributed by atoms with Gasteiger partial charge in [-0.2, -0.15) is 0 Å². The Morgan fingerprint density at radius 3 is 2.71 bits per heavy atom. The van der Waals surface area contributed by atoms with Gasteiger partial charge in [-0.15, -0.1) is 0 Å². The van der Waals surface area contributed by atoms with Crippen molar-refractivity contribution in [3.05, 3.63) is 35.1 Å². The first kappa shape index (κ1) is 9.15. The summed E-state index contributed by atoms with van der Waals surface area (Å²) in [4.78, 5) is 10.8. The van der Waals surface area contributed by atoms with Crippen molar-refractivity contribution >= 4 is 5.97 Å². The number of rotatable bonds is 2. The number of halogens is 1. The third kappa shape index (κ3) is 1.48. The molecular formula is C10H10FNO2. The predicted molar refractivity (Wildman–Crippen MR) is 49.0 cm³/mol. The lowest BCUT2D eigenvalue weighted by Gasteiger charge is -2.28. The normalized spacial score (nSPS) is 16.4. The zero-order valence-electron chi connectivity index (χ0n) is 7.46. The predicted octanol–water partition coefficient (Wildman–Crippen LogP) is 1.21. The fraction of sp³-hybridized carbons (Fsp3) is 0.300. The summed E-state index contributed by atoms with van der Waals surface area (Å²) in [6, 6.07) is 3.94. The van der Waals surface area contributed by atoms with Crippen LogP contribution in [0.2, 0.25) is 0 Å². The maximum Gasteiger partial charge on any atom is 0.336 e. The van der Waals surface area contributed by atoms with Crippen molar-refractivity contribution in [2.24, 2.45) is 0 Å². The Morgan fingerprint density at radius 1 is 1.50 bits per heavy atom. The van der Waals surface area contributed by atoms with Crippen LogP contribution in [0.15, 0.2) is 18.2 Å². The highest BCUT2D eigenvalue weighted by atomic mass is 19.1. The van der Waals surface area contributed by atoms with Gasteiger partial charge in [0.15, 0.2) is 0 Å². The van der Waals surface area contributed by atoms with Crippen molar-refractivity contribution < 1.29 is 14.3 Å². The Hall–Kier alpha value is -1.42. The number of benzene rings is 1. The van der Waals surface area contributed by atoms with Gasteiger partial charge in [0.2, 0.25) is 0 Å². The summed E-state index contributed by atoms with van der Waals surface area (Å²) in [7, 11) is 0. The number of carboxylic acid groups (broad SMARTS) is 1. The SMILES string of the molecule is O=C(O)c1cc(F)ccc1C1CNC1. The Morgan fingerprint density at radius 2 is 2.21 bits per heavy atom. The second-order valence-electron chi connectivity index (χ2n) is 3.39. The molecular weight excluding hydrogens is 185 g/mol. The Bertz CT molecular complexity index is 374. The summed E-state index contributed by atoms with van der Waals surface area (Å²) >= 11 is 0. The van der Waals surface area contributed by atoms with Gasteiger partial charge in [0.25, 0.3) is 0 Å². The first-order valence-electron chi connectivity index (χ1n) is 4.42. The zero-order chi connectivity index (χ0) is 10.1. The van der Waals surface area contributed by atoms with Gasteiger partial charge in [-0.1, -0.05) is 6.07 Å². The number of hydrogen-bond donors (Lipinski definition) is 2. The molecule has 0 saturated carbocycles. The van der Waals surface area contributed by atoms with Crippen LogP contribution in [0.4, 0.5) is 4.39 Å². The smallest absolute Gasteiger partial charge is 0.336 e. The molecule has 1 aromatic carbocycles. The van der Waals surface area contributed by atoms with Gasteiger partial charge < -0.3 is 10.4 Å². The van der Waals surface area contributed by atoms with Crippen molar-refractivity contribution in [3.8, 4) is 0 Å². The second kappa shape index (κ2) is 3.38. The molecule has 14 heavy (non-hydrogen) atoms. The molecule has 2 N–H and O–H groups in total. The molecule has 0 unspecified atom stereocenters. The van der Waals surface area contributed by atoms with Crippen molar-refractivity contribution in [2.75, 3.05) is 13.1 Å². The van der Waals surface area contributed by atoms with E-state index in [1.807, 2.05) is 0 Å². The summed E-state index contributed by atoms with van der Waals surface area (Å²) < 4.78 is 12.8. The average Bonchev–Trinajstić information content (AvgIpc) is 2.04. The third-order valence-electron chi connectivity index (χ3n) is 2.47. The highest BCUT2D eigenvalue weighted by Crippen LogP contribution is 2.24. The van der Waals surface area contributed by atoms with Crippen LogP contribution in [0.25, 0.3) is 0 Å². The largest absolute Gasteiger partial charge is 0.478 e. The Labute approximate surface area is 80.6 Å². The van der Waals surface area contributed by atoms with E-state index in [-0.39, 0.29) is 11.5 Å². The van der Waals surface area contributed by atoms with Crippen molar-refractivity contribution in [3.63, 3.8) is 0 Å². The lowest BCUT2D eigenvalue weighted by atomic mass is 9.90. The molecule has 3 nitrogen and oxygen atoms in total. The molecule has 0 aliphatic carbocycles. The molecule has 1 aliphatic rings. The van der Waals surface area contributed by atoms with Crippen LogP contribution in [-0.4, -0.2) is 24.2 Å². The molecule has 1 saturated heterocycles. The van der Waals surface area contributed by atoms with E-state index >= 15 is 0 Å². The van der Waals surface area contributed by atoms with Gasteiger partial charge in [0, 0.05) is 19.0 Å². The van der Waals surface area contributed by atoms with Crippen molar-refractivity contribution in [1.29, 1.82) is 0 Å². The lowest BCUT2D eigenvalue weighted by Crippen LogP contribution is -2.40. The lowest BCUT2D eigenvalue weighted by molar-refractivity contribution is 0.0694. The molecule has 74 valence electrons. The molecule has 0 atom stereocenters. The van der Waals surface area contributed by atoms with Crippen LogP contribution in [0, 0.1) is 5.82 Å². The quantitative estimate of drug-likeness (QED) is 0.745. The maximum absolute atomic E-state index is 12.8. The molecule has 4 heteroatoms. The van der Waals surface area contributed by atoms with Gasteiger partial charge in [-0.25, -0.2) is 9.18 Å². The van der Waals surface area contributed by atoms with Gasteiger partial charge >= 0.3 is 5.97 Å². The van der Waals surface area contributed by atoms with Crippen LogP contribution in [0.1, 0.15) is 21.8 Å². The van der Waals surface area contributed by atoms with Gasteiger partial charge in [-0.05, 0) is 17.7 Å². The number of nitrogens with one attached hydrogen (secondary N) is 1. The molecule has 1 heterocycles. The van der Waals surface area contributed by atoms with Crippen molar-refractivity contribution in [1.82, 2.24) is 5.32 Å². The second-order valence-corrected chi connectivity index (χ2v) is 3.39. The van der Waals surface area contributed by atoms with Gasteiger partial charge in [-0.3, -0.25) is 0 Å². The molecule has 0 amide bonds. The van der Waals surface area contributed by atoms with E-state index in [0.717, 1.165) is 24.7 Å². The van der Waals surface area contributed by atoms with E-state index < -0.39 is 11.8 Å². The van der Waals surface area contributed by atoms with E-state index in [2.05, 4.69) is 5.32 Å². The summed E-state index contributed by atoms with van der Waals surface area (Å²) in [5, 5.41) is 11.9. The van der Waals surface area contributed by atoms with Crippen LogP contribution >= 0.6 is 0 Å². The highest BCUT2D eigenvalue weighted by molar-refractivity contribution is 5.89. The topological polar surface area (TPSA) is 49.3 Å². The summed E-state index contributed by atoms with van der Waals surface area (Å²) in [5.74, 6) is -1.36. The van der Waals surface area contributed by atoms with E-state index in [9.17, 15) is 9.18 Å². The average molecular weight is 195 g/mol. The number of carbonyl (C=O) groups is 1. The monoisotopic (exact) mass is 195 g/mol. The van der Waals surface area contributed by atoms with E-state index in [4.69, 9.17) is 5.11 Å². The van der Waals surface area contributed by atoms with Crippen LogP contribution in [-0.2, 0) is 0 Å². The minimum atomic E-state index is -1.06. The molecule has 1 fully saturated rings. The van der Waals surface area contributed by atoms with Crippen molar-refractivity contribution in [2.45, 2.75) is 5.92 Å². The fourth-order valence-corrected chi connectivity index (χ4v) is 1.58. The molecule has 0 radical (unpaired) electrons. The Kier molecular flexibility index (Phi) is 2.21. The molecule has 0 aromatic heterocycles. The van der Waals surface area contributed by atoms with Crippen LogP contribution < -0.4 is 5.32 Å². The third-order valence-corrected chi connectivity index (χ3v) is 2.47. The fourth-order valence-electron chi connectivity index (χ4n) is 1.58. The standard InChI is InChI=1S/C10H10FNO2/c11-7-1-2-8(6-4-12-5-6)9(3-7)10(13)14/h1-3,6,12H,4-5H2,(H,13,14). The summed E-state index contributed by atoms with van der Waals surface area (Å²) in [5.41, 5.74) is 0.800. The molecule has 1 aromatic rings. The maximum atomic E-state index is 12.8. The van der Waals surface area contributed by atoms with E-state index in [1.165, 1.54) is 6.07 Å². The van der Waals surface area contributed by atoms with Crippen LogP contribution in [0.3, 0.4) is 0 Å². The summed E-state index contributed by atoms with van der Waals surface area (Å²) in [6.45, 7) is 1.54. The van der Waals surface area contributed by atoms with E-state index in [0.29, 0.717) is 0 Å². The number of aromatic carboxylic acids is 1. The molecule has 0 spiro atoms. The van der Waals surface area contributed by atoms with Crippen LogP contribution in [0.5, 0.6) is 0 Å². The van der Waals surface area contributed by atoms with Gasteiger partial charge in [0.1, 0.15) is 5.82 Å².